The van der Waals surface area contributed by atoms with E-state index in [4.69, 9.17) is 16.0 Å². The lowest BCUT2D eigenvalue weighted by atomic mass is 9.89. The van der Waals surface area contributed by atoms with E-state index in [0.717, 1.165) is 18.2 Å². The highest BCUT2D eigenvalue weighted by Gasteiger charge is 2.42. The maximum atomic E-state index is 14.7. The minimum atomic E-state index is -5.18. The van der Waals surface area contributed by atoms with Crippen molar-refractivity contribution in [1.82, 2.24) is 15.2 Å². The number of aromatic amines is 1. The molecule has 15 heteroatoms. The summed E-state index contributed by atoms with van der Waals surface area (Å²) < 4.78 is 88.1. The summed E-state index contributed by atoms with van der Waals surface area (Å²) in [6.45, 7) is 4.66. The van der Waals surface area contributed by atoms with E-state index < -0.39 is 67.1 Å². The first-order valence-corrected chi connectivity index (χ1v) is 11.5. The van der Waals surface area contributed by atoms with Gasteiger partial charge < -0.3 is 9.52 Å². The van der Waals surface area contributed by atoms with E-state index in [0.29, 0.717) is 11.1 Å². The molecule has 3 aromatic rings. The van der Waals surface area contributed by atoms with E-state index in [-0.39, 0.29) is 5.56 Å². The van der Waals surface area contributed by atoms with Crippen molar-refractivity contribution in [3.05, 3.63) is 73.9 Å². The van der Waals surface area contributed by atoms with Crippen molar-refractivity contribution in [1.29, 1.82) is 0 Å². The predicted molar refractivity (Wildman–Crippen MR) is 115 cm³/mol. The Morgan fingerprint density at radius 3 is 2.46 bits per heavy atom. The van der Waals surface area contributed by atoms with Crippen molar-refractivity contribution < 1.29 is 35.5 Å². The second-order valence-electron chi connectivity index (χ2n) is 7.46. The van der Waals surface area contributed by atoms with Crippen LogP contribution in [-0.4, -0.2) is 40.6 Å². The number of aliphatic hydroxyl groups is 1. The number of aromatic nitrogens is 3. The number of benzene rings is 1. The van der Waals surface area contributed by atoms with Crippen LogP contribution in [0.5, 0.6) is 0 Å². The minimum Gasteiger partial charge on any atom is -0.386 e. The molecular weight excluding hydrogens is 520 g/mol. The predicted octanol–water partition coefficient (Wildman–Crippen LogP) is 3.74. The molecule has 0 radical (unpaired) electrons. The molecule has 2 N–H and O–H groups in total. The van der Waals surface area contributed by atoms with Crippen molar-refractivity contribution in [2.75, 3.05) is 0 Å². The topological polar surface area (TPSA) is 139 Å². The zero-order chi connectivity index (χ0) is 26.3. The normalized spacial score (nSPS) is 14.7. The maximum absolute atomic E-state index is 14.7. The highest BCUT2D eigenvalue weighted by atomic mass is 35.5. The molecule has 0 saturated carbocycles. The van der Waals surface area contributed by atoms with Crippen molar-refractivity contribution in [3.8, 4) is 0 Å². The molecule has 2 aromatic heterocycles. The molecule has 0 bridgehead atoms. The molecule has 0 saturated heterocycles. The molecule has 0 spiro atoms. The largest absolute Gasteiger partial charge is 0.434 e. The highest BCUT2D eigenvalue weighted by molar-refractivity contribution is 7.90. The number of nitrogens with zero attached hydrogens (tertiary/aromatic N) is 3. The van der Waals surface area contributed by atoms with Crippen LogP contribution in [0.15, 0.2) is 42.9 Å². The van der Waals surface area contributed by atoms with Gasteiger partial charge in [-0.1, -0.05) is 24.6 Å². The first kappa shape index (κ1) is 26.5. The second-order valence-corrected chi connectivity index (χ2v) is 9.41. The van der Waals surface area contributed by atoms with E-state index in [1.807, 2.05) is 5.10 Å². The third-order valence-corrected chi connectivity index (χ3v) is 6.64. The van der Waals surface area contributed by atoms with Crippen LogP contribution in [-0.2, 0) is 10.0 Å². The van der Waals surface area contributed by atoms with Crippen LogP contribution >= 0.6 is 11.6 Å². The van der Waals surface area contributed by atoms with Gasteiger partial charge in [0.2, 0.25) is 0 Å². The number of rotatable bonds is 6. The van der Waals surface area contributed by atoms with Crippen LogP contribution in [0, 0.1) is 19.7 Å². The molecule has 35 heavy (non-hydrogen) atoms. The fourth-order valence-corrected chi connectivity index (χ4v) is 4.47. The van der Waals surface area contributed by atoms with Crippen molar-refractivity contribution >= 4 is 27.3 Å². The number of aryl methyl sites for hydroxylation is 1. The molecule has 2 heterocycles. The van der Waals surface area contributed by atoms with Crippen LogP contribution in [0.1, 0.15) is 47.2 Å². The number of H-pyrrole nitrogens is 1. The van der Waals surface area contributed by atoms with Gasteiger partial charge in [0.05, 0.1) is 10.7 Å². The van der Waals surface area contributed by atoms with E-state index in [1.165, 1.54) is 13.0 Å². The molecule has 0 aliphatic rings. The summed E-state index contributed by atoms with van der Waals surface area (Å²) in [5, 5.41) is 13.4. The van der Waals surface area contributed by atoms with Gasteiger partial charge in [0, 0.05) is 11.5 Å². The summed E-state index contributed by atoms with van der Waals surface area (Å²) in [4.78, 5) is 14.9. The number of nitrogens with one attached hydrogen (secondary N) is 1. The van der Waals surface area contributed by atoms with E-state index in [1.54, 1.807) is 13.8 Å². The Morgan fingerprint density at radius 1 is 1.23 bits per heavy atom. The first-order valence-electron chi connectivity index (χ1n) is 9.71. The lowest BCUT2D eigenvalue weighted by Gasteiger charge is -2.18. The summed E-state index contributed by atoms with van der Waals surface area (Å²) in [7, 11) is -4.90. The third kappa shape index (κ3) is 5.44. The standard InChI is InChI=1S/C20H17ClF4N4O5S/c1-8-4-6-12(22)14(9(8)2)10(3)15(18-27-28-19(31)34-18)29-35(32,33)13-7-5-11(21)16(26-13)17(30)20(23,24)25/h4-7,10,17,30H,1-3H3,(H,28,31)/t10-,17?/m1/s1. The van der Waals surface area contributed by atoms with Gasteiger partial charge in [0.1, 0.15) is 11.5 Å². The van der Waals surface area contributed by atoms with Gasteiger partial charge in [-0.05, 0) is 43.2 Å². The molecule has 2 atom stereocenters. The lowest BCUT2D eigenvalue weighted by molar-refractivity contribution is -0.208. The minimum absolute atomic E-state index is 0.0295. The lowest BCUT2D eigenvalue weighted by Crippen LogP contribution is -2.22. The van der Waals surface area contributed by atoms with Crippen molar-refractivity contribution in [2.45, 2.75) is 44.0 Å². The molecule has 0 amide bonds. The van der Waals surface area contributed by atoms with Crippen LogP contribution in [0.25, 0.3) is 0 Å². The number of hydrogen-bond acceptors (Lipinski definition) is 7. The number of aliphatic hydroxyl groups excluding tert-OH is 1. The number of hydrogen-bond donors (Lipinski definition) is 2. The number of halogens is 5. The molecule has 3 rings (SSSR count). The van der Waals surface area contributed by atoms with E-state index in [2.05, 4.69) is 14.5 Å². The van der Waals surface area contributed by atoms with Gasteiger partial charge in [-0.25, -0.2) is 19.3 Å². The third-order valence-electron chi connectivity index (χ3n) is 5.13. The van der Waals surface area contributed by atoms with Crippen LogP contribution in [0.4, 0.5) is 17.6 Å². The van der Waals surface area contributed by atoms with E-state index >= 15 is 0 Å². The van der Waals surface area contributed by atoms with E-state index in [9.17, 15) is 35.9 Å². The Labute approximate surface area is 200 Å². The summed E-state index contributed by atoms with van der Waals surface area (Å²) in [6.07, 6.45) is -8.35. The fraction of sp³-hybridized carbons (Fsp3) is 0.300. The maximum Gasteiger partial charge on any atom is 0.434 e. The van der Waals surface area contributed by atoms with Crippen molar-refractivity contribution in [3.63, 3.8) is 0 Å². The summed E-state index contributed by atoms with van der Waals surface area (Å²) in [6, 6.07) is 4.24. The summed E-state index contributed by atoms with van der Waals surface area (Å²) in [5.74, 6) is -3.50. The first-order chi connectivity index (χ1) is 16.1. The van der Waals surface area contributed by atoms with Gasteiger partial charge in [-0.3, -0.25) is 0 Å². The number of sulfonamides is 1. The zero-order valence-corrected chi connectivity index (χ0v) is 19.8. The van der Waals surface area contributed by atoms with Gasteiger partial charge in [0.15, 0.2) is 11.1 Å². The quantitative estimate of drug-likeness (QED) is 0.361. The molecule has 0 aliphatic carbocycles. The SMILES string of the molecule is Cc1ccc(F)c([C@@H](C)C(=NS(=O)(=O)c2ccc(Cl)c(C(O)C(F)(F)F)n2)c2n[nH]c(=O)o2)c1C. The van der Waals surface area contributed by atoms with Crippen LogP contribution < -0.4 is 5.76 Å². The molecule has 9 nitrogen and oxygen atoms in total. The molecule has 188 valence electrons. The van der Waals surface area contributed by atoms with Gasteiger partial charge in [-0.2, -0.15) is 26.0 Å². The molecular formula is C20H17ClF4N4O5S. The molecule has 0 aliphatic heterocycles. The Balaban J connectivity index is 2.22. The summed E-state index contributed by atoms with van der Waals surface area (Å²) in [5.41, 5.74) is -0.519. The average Bonchev–Trinajstić information content (AvgIpc) is 3.20. The highest BCUT2D eigenvalue weighted by Crippen LogP contribution is 2.36. The molecule has 0 fully saturated rings. The Morgan fingerprint density at radius 2 is 1.89 bits per heavy atom. The zero-order valence-electron chi connectivity index (χ0n) is 18.2. The smallest absolute Gasteiger partial charge is 0.386 e. The van der Waals surface area contributed by atoms with Crippen LogP contribution in [0.2, 0.25) is 5.02 Å². The van der Waals surface area contributed by atoms with Crippen LogP contribution in [0.3, 0.4) is 0 Å². The number of pyridine rings is 1. The van der Waals surface area contributed by atoms with Gasteiger partial charge >= 0.3 is 11.9 Å². The Kier molecular flexibility index (Phi) is 7.20. The Bertz CT molecular complexity index is 1470. The average molecular weight is 537 g/mol. The molecule has 1 unspecified atom stereocenters. The molecule has 1 aromatic carbocycles. The fourth-order valence-electron chi connectivity index (χ4n) is 3.22. The summed E-state index contributed by atoms with van der Waals surface area (Å²) >= 11 is 5.67. The monoisotopic (exact) mass is 536 g/mol. The Hall–Kier alpha value is -3.10. The van der Waals surface area contributed by atoms with Gasteiger partial charge in [-0.15, -0.1) is 5.10 Å². The van der Waals surface area contributed by atoms with Crippen molar-refractivity contribution in [2.24, 2.45) is 4.40 Å². The number of alkyl halides is 3. The van der Waals surface area contributed by atoms with Gasteiger partial charge in [0.25, 0.3) is 15.9 Å². The second kappa shape index (κ2) is 9.51.